The van der Waals surface area contributed by atoms with Crippen LogP contribution in [0.4, 0.5) is 0 Å². The lowest BCUT2D eigenvalue weighted by Gasteiger charge is -1.97. The van der Waals surface area contributed by atoms with Gasteiger partial charge in [-0.3, -0.25) is 4.79 Å². The average molecular weight is 262 g/mol. The summed E-state index contributed by atoms with van der Waals surface area (Å²) in [6.45, 7) is 0. The van der Waals surface area contributed by atoms with Gasteiger partial charge in [-0.1, -0.05) is 0 Å². The first-order chi connectivity index (χ1) is 5.24. The third kappa shape index (κ3) is 2.14. The van der Waals surface area contributed by atoms with E-state index in [1.54, 1.807) is 25.4 Å². The number of amides is 1. The molecule has 0 spiro atoms. The smallest absolute Gasteiger partial charge is 0.252 e. The van der Waals surface area contributed by atoms with E-state index in [1.807, 2.05) is 0 Å². The molecule has 0 aromatic carbocycles. The summed E-state index contributed by atoms with van der Waals surface area (Å²) in [6, 6.07) is 3.54. The van der Waals surface area contributed by atoms with E-state index in [2.05, 4.69) is 32.9 Å². The Labute approximate surface area is 78.4 Å². The minimum Gasteiger partial charge on any atom is -0.355 e. The highest BCUT2D eigenvalue weighted by Crippen LogP contribution is 2.01. The van der Waals surface area contributed by atoms with Crippen molar-refractivity contribution in [3.63, 3.8) is 0 Å². The van der Waals surface area contributed by atoms with Crippen LogP contribution >= 0.6 is 22.6 Å². The number of carbonyl (C=O) groups is 1. The Kier molecular flexibility index (Phi) is 2.81. The Bertz CT molecular complexity index is 258. The number of carbonyl (C=O) groups excluding carboxylic acids is 1. The summed E-state index contributed by atoms with van der Waals surface area (Å²) in [7, 11) is 1.60. The molecule has 0 fully saturated rings. The van der Waals surface area contributed by atoms with Gasteiger partial charge in [-0.2, -0.15) is 0 Å². The normalized spacial score (nSPS) is 9.27. The maximum atomic E-state index is 11.0. The summed E-state index contributed by atoms with van der Waals surface area (Å²) in [6.07, 6.45) is 1.56. The Morgan fingerprint density at radius 3 is 2.82 bits per heavy atom. The Hall–Kier alpha value is -0.650. The molecule has 1 rings (SSSR count). The molecule has 0 saturated heterocycles. The second kappa shape index (κ2) is 3.66. The van der Waals surface area contributed by atoms with Crippen molar-refractivity contribution in [1.29, 1.82) is 0 Å². The molecule has 0 aliphatic rings. The molecule has 1 N–H and O–H groups in total. The van der Waals surface area contributed by atoms with Crippen LogP contribution in [-0.2, 0) is 0 Å². The predicted octanol–water partition coefficient (Wildman–Crippen LogP) is 1.05. The van der Waals surface area contributed by atoms with Crippen molar-refractivity contribution in [2.45, 2.75) is 0 Å². The van der Waals surface area contributed by atoms with Crippen LogP contribution in [-0.4, -0.2) is 17.9 Å². The first-order valence-corrected chi connectivity index (χ1v) is 4.15. The van der Waals surface area contributed by atoms with Crippen molar-refractivity contribution in [3.05, 3.63) is 27.6 Å². The van der Waals surface area contributed by atoms with Gasteiger partial charge >= 0.3 is 0 Å². The topological polar surface area (TPSA) is 42.0 Å². The predicted molar refractivity (Wildman–Crippen MR) is 50.3 cm³/mol. The molecule has 1 aromatic rings. The molecular weight excluding hydrogens is 255 g/mol. The Morgan fingerprint density at radius 2 is 2.36 bits per heavy atom. The molecular formula is C7H7IN2O. The molecule has 4 heteroatoms. The zero-order valence-electron chi connectivity index (χ0n) is 5.97. The molecule has 0 bridgehead atoms. The third-order valence-corrected chi connectivity index (χ3v) is 1.85. The van der Waals surface area contributed by atoms with Crippen LogP contribution in [0.3, 0.4) is 0 Å². The number of rotatable bonds is 1. The molecule has 0 radical (unpaired) electrons. The van der Waals surface area contributed by atoms with Crippen molar-refractivity contribution in [2.24, 2.45) is 0 Å². The van der Waals surface area contributed by atoms with Crippen LogP contribution < -0.4 is 5.32 Å². The first-order valence-electron chi connectivity index (χ1n) is 3.07. The number of nitrogens with one attached hydrogen (secondary N) is 1. The van der Waals surface area contributed by atoms with Gasteiger partial charge in [0.2, 0.25) is 0 Å². The molecule has 58 valence electrons. The molecule has 0 unspecified atom stereocenters. The number of aromatic nitrogens is 1. The summed E-state index contributed by atoms with van der Waals surface area (Å²) in [5, 5.41) is 2.52. The molecule has 0 aliphatic heterocycles. The van der Waals surface area contributed by atoms with Crippen LogP contribution in [0.15, 0.2) is 18.3 Å². The van der Waals surface area contributed by atoms with E-state index in [9.17, 15) is 4.79 Å². The number of halogens is 1. The molecule has 3 nitrogen and oxygen atoms in total. The van der Waals surface area contributed by atoms with E-state index < -0.39 is 0 Å². The second-order valence-corrected chi connectivity index (χ2v) is 3.05. The van der Waals surface area contributed by atoms with E-state index in [0.717, 1.165) is 3.70 Å². The van der Waals surface area contributed by atoms with Gasteiger partial charge in [-0.15, -0.1) is 0 Å². The van der Waals surface area contributed by atoms with Gasteiger partial charge in [0, 0.05) is 13.2 Å². The lowest BCUT2D eigenvalue weighted by molar-refractivity contribution is 0.0962. The maximum Gasteiger partial charge on any atom is 0.252 e. The van der Waals surface area contributed by atoms with Gasteiger partial charge in [0.25, 0.3) is 5.91 Å². The van der Waals surface area contributed by atoms with Gasteiger partial charge in [-0.05, 0) is 34.7 Å². The summed E-state index contributed by atoms with van der Waals surface area (Å²) < 4.78 is 0.884. The average Bonchev–Trinajstić information content (AvgIpc) is 2.05. The lowest BCUT2D eigenvalue weighted by Crippen LogP contribution is -2.17. The lowest BCUT2D eigenvalue weighted by atomic mass is 10.3. The van der Waals surface area contributed by atoms with Crippen LogP contribution in [0.2, 0.25) is 0 Å². The molecule has 0 aliphatic carbocycles. The number of pyridine rings is 1. The fraction of sp³-hybridized carbons (Fsp3) is 0.143. The second-order valence-electron chi connectivity index (χ2n) is 1.95. The maximum absolute atomic E-state index is 11.0. The summed E-state index contributed by atoms with van der Waals surface area (Å²) in [5.74, 6) is -0.103. The monoisotopic (exact) mass is 262 g/mol. The van der Waals surface area contributed by atoms with Crippen LogP contribution in [0.25, 0.3) is 0 Å². The number of nitrogens with zero attached hydrogens (tertiary/aromatic N) is 1. The van der Waals surface area contributed by atoms with Gasteiger partial charge in [0.05, 0.1) is 5.56 Å². The standard InChI is InChI=1S/C7H7IN2O/c1-9-7(11)5-2-3-6(8)10-4-5/h2-4H,1H3,(H,9,11). The number of hydrogen-bond acceptors (Lipinski definition) is 2. The molecule has 11 heavy (non-hydrogen) atoms. The van der Waals surface area contributed by atoms with Gasteiger partial charge in [0.15, 0.2) is 0 Å². The van der Waals surface area contributed by atoms with E-state index in [4.69, 9.17) is 0 Å². The van der Waals surface area contributed by atoms with Crippen LogP contribution in [0.5, 0.6) is 0 Å². The van der Waals surface area contributed by atoms with E-state index >= 15 is 0 Å². The van der Waals surface area contributed by atoms with Crippen molar-refractivity contribution in [2.75, 3.05) is 7.05 Å². The molecule has 1 aromatic heterocycles. The quantitative estimate of drug-likeness (QED) is 0.607. The largest absolute Gasteiger partial charge is 0.355 e. The van der Waals surface area contributed by atoms with Crippen LogP contribution in [0, 0.1) is 3.70 Å². The third-order valence-electron chi connectivity index (χ3n) is 1.22. The summed E-state index contributed by atoms with van der Waals surface area (Å²) in [4.78, 5) is 14.9. The summed E-state index contributed by atoms with van der Waals surface area (Å²) in [5.41, 5.74) is 0.591. The highest BCUT2D eigenvalue weighted by molar-refractivity contribution is 14.1. The zero-order chi connectivity index (χ0) is 8.27. The van der Waals surface area contributed by atoms with Crippen molar-refractivity contribution < 1.29 is 4.79 Å². The highest BCUT2D eigenvalue weighted by atomic mass is 127. The first kappa shape index (κ1) is 8.45. The van der Waals surface area contributed by atoms with Gasteiger partial charge in [-0.25, -0.2) is 4.98 Å². The Balaban J connectivity index is 2.90. The van der Waals surface area contributed by atoms with Gasteiger partial charge < -0.3 is 5.32 Å². The fourth-order valence-electron chi connectivity index (χ4n) is 0.654. The molecule has 0 atom stereocenters. The van der Waals surface area contributed by atoms with Gasteiger partial charge in [0.1, 0.15) is 3.70 Å². The molecule has 1 amide bonds. The molecule has 0 saturated carbocycles. The minimum absolute atomic E-state index is 0.103. The SMILES string of the molecule is CNC(=O)c1ccc(I)nc1. The van der Waals surface area contributed by atoms with Crippen LogP contribution in [0.1, 0.15) is 10.4 Å². The minimum atomic E-state index is -0.103. The van der Waals surface area contributed by atoms with Crippen molar-refractivity contribution >= 4 is 28.5 Å². The molecule has 1 heterocycles. The fourth-order valence-corrected chi connectivity index (χ4v) is 0.974. The zero-order valence-corrected chi connectivity index (χ0v) is 8.12. The Morgan fingerprint density at radius 1 is 1.64 bits per heavy atom. The van der Waals surface area contributed by atoms with Crippen molar-refractivity contribution in [1.82, 2.24) is 10.3 Å². The van der Waals surface area contributed by atoms with E-state index in [1.165, 1.54) is 0 Å². The van der Waals surface area contributed by atoms with E-state index in [-0.39, 0.29) is 5.91 Å². The number of hydrogen-bond donors (Lipinski definition) is 1. The van der Waals surface area contributed by atoms with Crippen molar-refractivity contribution in [3.8, 4) is 0 Å². The van der Waals surface area contributed by atoms with E-state index in [0.29, 0.717) is 5.56 Å². The highest BCUT2D eigenvalue weighted by Gasteiger charge is 2.00. The summed E-state index contributed by atoms with van der Waals surface area (Å²) >= 11 is 2.09.